The standard InChI is InChI=1S/C17H26N4/c1-2-15(12-18-14-4-5-14)19-16(3-1)13-20-8-10-21(11-9-20)17-6-7-17/h1-3,14,17-18H,4-13H2. The topological polar surface area (TPSA) is 31.4 Å². The summed E-state index contributed by atoms with van der Waals surface area (Å²) in [4.78, 5) is 10.0. The van der Waals surface area contributed by atoms with E-state index in [1.54, 1.807) is 0 Å². The molecule has 0 aromatic carbocycles. The largest absolute Gasteiger partial charge is 0.308 e. The molecule has 2 aliphatic carbocycles. The van der Waals surface area contributed by atoms with Crippen molar-refractivity contribution in [1.82, 2.24) is 20.1 Å². The van der Waals surface area contributed by atoms with Crippen LogP contribution in [0.15, 0.2) is 18.2 Å². The molecule has 0 amide bonds. The average Bonchev–Trinajstić information content (AvgIpc) is 3.40. The predicted octanol–water partition coefficient (Wildman–Crippen LogP) is 1.61. The van der Waals surface area contributed by atoms with Crippen molar-refractivity contribution in [3.05, 3.63) is 29.6 Å². The van der Waals surface area contributed by atoms with Gasteiger partial charge in [0.15, 0.2) is 0 Å². The maximum atomic E-state index is 4.82. The van der Waals surface area contributed by atoms with Crippen LogP contribution < -0.4 is 5.32 Å². The number of aromatic nitrogens is 1. The first kappa shape index (κ1) is 13.7. The van der Waals surface area contributed by atoms with E-state index < -0.39 is 0 Å². The Labute approximate surface area is 127 Å². The van der Waals surface area contributed by atoms with Crippen LogP contribution in [0.25, 0.3) is 0 Å². The van der Waals surface area contributed by atoms with Gasteiger partial charge in [-0.05, 0) is 37.8 Å². The van der Waals surface area contributed by atoms with E-state index in [9.17, 15) is 0 Å². The van der Waals surface area contributed by atoms with Crippen molar-refractivity contribution in [2.75, 3.05) is 26.2 Å². The molecule has 114 valence electrons. The summed E-state index contributed by atoms with van der Waals surface area (Å²) in [6.45, 7) is 6.82. The molecule has 0 radical (unpaired) electrons. The van der Waals surface area contributed by atoms with E-state index in [0.717, 1.165) is 25.2 Å². The van der Waals surface area contributed by atoms with Crippen molar-refractivity contribution in [1.29, 1.82) is 0 Å². The molecule has 3 aliphatic rings. The molecular formula is C17H26N4. The summed E-state index contributed by atoms with van der Waals surface area (Å²) in [5, 5.41) is 3.55. The van der Waals surface area contributed by atoms with Gasteiger partial charge >= 0.3 is 0 Å². The third kappa shape index (κ3) is 3.82. The van der Waals surface area contributed by atoms with E-state index in [1.807, 2.05) is 0 Å². The molecular weight excluding hydrogens is 260 g/mol. The summed E-state index contributed by atoms with van der Waals surface area (Å²) in [5.41, 5.74) is 2.42. The second kappa shape index (κ2) is 6.03. The lowest BCUT2D eigenvalue weighted by Gasteiger charge is -2.34. The Kier molecular flexibility index (Phi) is 3.93. The van der Waals surface area contributed by atoms with Gasteiger partial charge in [-0.25, -0.2) is 0 Å². The third-order valence-electron chi connectivity index (χ3n) is 4.87. The molecule has 1 aromatic rings. The normalized spacial score (nSPS) is 24.4. The molecule has 0 unspecified atom stereocenters. The third-order valence-corrected chi connectivity index (χ3v) is 4.87. The number of nitrogens with one attached hydrogen (secondary N) is 1. The van der Waals surface area contributed by atoms with Gasteiger partial charge in [-0.15, -0.1) is 0 Å². The molecule has 4 nitrogen and oxygen atoms in total. The van der Waals surface area contributed by atoms with E-state index in [4.69, 9.17) is 4.98 Å². The maximum Gasteiger partial charge on any atom is 0.0547 e. The molecule has 0 spiro atoms. The molecule has 0 bridgehead atoms. The lowest BCUT2D eigenvalue weighted by molar-refractivity contribution is 0.120. The summed E-state index contributed by atoms with van der Waals surface area (Å²) in [5.74, 6) is 0. The van der Waals surface area contributed by atoms with Gasteiger partial charge in [-0.3, -0.25) is 14.8 Å². The minimum Gasteiger partial charge on any atom is -0.308 e. The summed E-state index contributed by atoms with van der Waals surface area (Å²) in [6, 6.07) is 8.15. The first-order valence-electron chi connectivity index (χ1n) is 8.51. The molecule has 2 saturated carbocycles. The number of pyridine rings is 1. The minimum atomic E-state index is 0.756. The van der Waals surface area contributed by atoms with Crippen LogP contribution in [0.3, 0.4) is 0 Å². The Balaban J connectivity index is 1.28. The molecule has 3 fully saturated rings. The Morgan fingerprint density at radius 1 is 1.00 bits per heavy atom. The van der Waals surface area contributed by atoms with Gasteiger partial charge in [0.1, 0.15) is 0 Å². The fourth-order valence-corrected chi connectivity index (χ4v) is 3.21. The molecule has 4 heteroatoms. The zero-order valence-corrected chi connectivity index (χ0v) is 12.8. The molecule has 1 aromatic heterocycles. The van der Waals surface area contributed by atoms with Gasteiger partial charge in [0.05, 0.1) is 11.4 Å². The Hall–Kier alpha value is -0.970. The molecule has 4 rings (SSSR count). The zero-order chi connectivity index (χ0) is 14.1. The number of piperazine rings is 1. The molecule has 1 aliphatic heterocycles. The monoisotopic (exact) mass is 286 g/mol. The Bertz CT molecular complexity index is 473. The molecule has 1 saturated heterocycles. The second-order valence-electron chi connectivity index (χ2n) is 6.82. The highest BCUT2D eigenvalue weighted by Crippen LogP contribution is 2.27. The van der Waals surface area contributed by atoms with E-state index >= 15 is 0 Å². The van der Waals surface area contributed by atoms with Crippen molar-refractivity contribution in [2.24, 2.45) is 0 Å². The van der Waals surface area contributed by atoms with Crippen LogP contribution in [-0.2, 0) is 13.1 Å². The van der Waals surface area contributed by atoms with Gasteiger partial charge < -0.3 is 5.32 Å². The summed E-state index contributed by atoms with van der Waals surface area (Å²) in [6.07, 6.45) is 5.53. The molecule has 21 heavy (non-hydrogen) atoms. The smallest absolute Gasteiger partial charge is 0.0547 e. The van der Waals surface area contributed by atoms with Gasteiger partial charge in [-0.2, -0.15) is 0 Å². The molecule has 0 atom stereocenters. The van der Waals surface area contributed by atoms with Crippen LogP contribution in [0.2, 0.25) is 0 Å². The van der Waals surface area contributed by atoms with E-state index in [2.05, 4.69) is 33.3 Å². The van der Waals surface area contributed by atoms with Crippen LogP contribution in [0.4, 0.5) is 0 Å². The van der Waals surface area contributed by atoms with Crippen LogP contribution in [0.5, 0.6) is 0 Å². The number of hydrogen-bond donors (Lipinski definition) is 1. The Morgan fingerprint density at radius 3 is 2.48 bits per heavy atom. The SMILES string of the molecule is c1cc(CNC2CC2)nc(CN2CCN(C3CC3)CC2)c1. The quantitative estimate of drug-likeness (QED) is 0.861. The second-order valence-corrected chi connectivity index (χ2v) is 6.82. The van der Waals surface area contributed by atoms with Crippen LogP contribution in [-0.4, -0.2) is 53.0 Å². The van der Waals surface area contributed by atoms with Crippen molar-refractivity contribution in [3.63, 3.8) is 0 Å². The summed E-state index contributed by atoms with van der Waals surface area (Å²) in [7, 11) is 0. The van der Waals surface area contributed by atoms with E-state index in [0.29, 0.717) is 0 Å². The first-order chi connectivity index (χ1) is 10.4. The fraction of sp³-hybridized carbons (Fsp3) is 0.706. The summed E-state index contributed by atoms with van der Waals surface area (Å²) >= 11 is 0. The van der Waals surface area contributed by atoms with Gasteiger partial charge in [-0.1, -0.05) is 6.07 Å². The highest BCUT2D eigenvalue weighted by Gasteiger charge is 2.31. The van der Waals surface area contributed by atoms with Gasteiger partial charge in [0, 0.05) is 51.4 Å². The highest BCUT2D eigenvalue weighted by atomic mass is 15.3. The van der Waals surface area contributed by atoms with E-state index in [1.165, 1.54) is 63.3 Å². The number of nitrogens with zero attached hydrogens (tertiary/aromatic N) is 3. The Morgan fingerprint density at radius 2 is 1.76 bits per heavy atom. The average molecular weight is 286 g/mol. The lowest BCUT2D eigenvalue weighted by Crippen LogP contribution is -2.46. The number of rotatable bonds is 6. The highest BCUT2D eigenvalue weighted by molar-refractivity contribution is 5.11. The fourth-order valence-electron chi connectivity index (χ4n) is 3.21. The van der Waals surface area contributed by atoms with E-state index in [-0.39, 0.29) is 0 Å². The van der Waals surface area contributed by atoms with Crippen molar-refractivity contribution in [3.8, 4) is 0 Å². The van der Waals surface area contributed by atoms with Crippen molar-refractivity contribution >= 4 is 0 Å². The zero-order valence-electron chi connectivity index (χ0n) is 12.8. The first-order valence-corrected chi connectivity index (χ1v) is 8.51. The van der Waals surface area contributed by atoms with Crippen LogP contribution in [0, 0.1) is 0 Å². The number of hydrogen-bond acceptors (Lipinski definition) is 4. The van der Waals surface area contributed by atoms with Gasteiger partial charge in [0.25, 0.3) is 0 Å². The van der Waals surface area contributed by atoms with Crippen molar-refractivity contribution < 1.29 is 0 Å². The minimum absolute atomic E-state index is 0.756. The van der Waals surface area contributed by atoms with Crippen LogP contribution >= 0.6 is 0 Å². The molecule has 2 heterocycles. The molecule has 1 N–H and O–H groups in total. The lowest BCUT2D eigenvalue weighted by atomic mass is 10.2. The van der Waals surface area contributed by atoms with Gasteiger partial charge in [0.2, 0.25) is 0 Å². The summed E-state index contributed by atoms with van der Waals surface area (Å²) < 4.78 is 0. The van der Waals surface area contributed by atoms with Crippen molar-refractivity contribution in [2.45, 2.75) is 50.9 Å². The maximum absolute atomic E-state index is 4.82. The van der Waals surface area contributed by atoms with Crippen LogP contribution in [0.1, 0.15) is 37.1 Å². The predicted molar refractivity (Wildman–Crippen MR) is 84.0 cm³/mol.